The zero-order valence-electron chi connectivity index (χ0n) is 17.2. The van der Waals surface area contributed by atoms with Gasteiger partial charge in [-0.1, -0.05) is 50.2 Å². The second-order valence-electron chi connectivity index (χ2n) is 7.33. The highest BCUT2D eigenvalue weighted by atomic mass is 16.2. The minimum atomic E-state index is -0.0116. The molecule has 1 aliphatic rings. The lowest BCUT2D eigenvalue weighted by Gasteiger charge is -2.31. The highest BCUT2D eigenvalue weighted by molar-refractivity contribution is 5.97. The third kappa shape index (κ3) is 4.11. The van der Waals surface area contributed by atoms with Crippen molar-refractivity contribution >= 4 is 23.2 Å². The van der Waals surface area contributed by atoms with E-state index in [1.165, 1.54) is 5.56 Å². The van der Waals surface area contributed by atoms with Crippen LogP contribution in [0.25, 0.3) is 0 Å². The summed E-state index contributed by atoms with van der Waals surface area (Å²) < 4.78 is 0. The van der Waals surface area contributed by atoms with Crippen molar-refractivity contribution in [1.82, 2.24) is 0 Å². The smallest absolute Gasteiger partial charge is 0.228 e. The van der Waals surface area contributed by atoms with Gasteiger partial charge in [0.1, 0.15) is 0 Å². The molecule has 0 N–H and O–H groups in total. The molecule has 0 aliphatic carbocycles. The number of hydrogen-bond acceptors (Lipinski definition) is 2. The lowest BCUT2D eigenvalue weighted by Crippen LogP contribution is -2.39. The molecular weight excluding hydrogens is 348 g/mol. The number of amides is 2. The Labute approximate surface area is 168 Å². The molecule has 1 aliphatic heterocycles. The van der Waals surface area contributed by atoms with Crippen molar-refractivity contribution in [2.75, 3.05) is 22.9 Å². The summed E-state index contributed by atoms with van der Waals surface area (Å²) >= 11 is 0. The number of anilines is 2. The lowest BCUT2D eigenvalue weighted by atomic mass is 10.0. The van der Waals surface area contributed by atoms with E-state index in [0.717, 1.165) is 54.7 Å². The number of para-hydroxylation sites is 2. The molecule has 3 rings (SSSR count). The number of carbonyl (C=O) groups excluding carboxylic acids is 2. The first kappa shape index (κ1) is 20.1. The summed E-state index contributed by atoms with van der Waals surface area (Å²) in [7, 11) is 0. The average molecular weight is 379 g/mol. The predicted octanol–water partition coefficient (Wildman–Crippen LogP) is 4.53. The zero-order valence-corrected chi connectivity index (χ0v) is 17.2. The lowest BCUT2D eigenvalue weighted by molar-refractivity contribution is -0.118. The fourth-order valence-electron chi connectivity index (χ4n) is 4.12. The maximum atomic E-state index is 13.0. The van der Waals surface area contributed by atoms with Gasteiger partial charge in [0.15, 0.2) is 0 Å². The van der Waals surface area contributed by atoms with Crippen LogP contribution in [-0.4, -0.2) is 24.9 Å². The Kier molecular flexibility index (Phi) is 6.50. The van der Waals surface area contributed by atoms with Gasteiger partial charge in [0, 0.05) is 37.8 Å². The predicted molar refractivity (Wildman–Crippen MR) is 115 cm³/mol. The summed E-state index contributed by atoms with van der Waals surface area (Å²) in [6.07, 6.45) is 4.05. The molecule has 2 aromatic carbocycles. The molecule has 2 aromatic rings. The van der Waals surface area contributed by atoms with Crippen LogP contribution in [0.3, 0.4) is 0 Å². The fourth-order valence-corrected chi connectivity index (χ4v) is 4.12. The standard InChI is InChI=1S/C24H30N2O2/c1-4-19-11-8-12-20(5-2)24(19)25(18(3)27)17-15-23(28)26-16-9-13-21-10-6-7-14-22(21)26/h6-8,10-12,14H,4-5,9,13,15-17H2,1-3H3. The van der Waals surface area contributed by atoms with E-state index in [4.69, 9.17) is 0 Å². The van der Waals surface area contributed by atoms with Crippen LogP contribution < -0.4 is 9.80 Å². The molecule has 4 nitrogen and oxygen atoms in total. The normalized spacial score (nSPS) is 13.2. The van der Waals surface area contributed by atoms with Crippen LogP contribution in [0.5, 0.6) is 0 Å². The molecule has 0 unspecified atom stereocenters. The van der Waals surface area contributed by atoms with E-state index < -0.39 is 0 Å². The number of hydrogen-bond donors (Lipinski definition) is 0. The van der Waals surface area contributed by atoms with E-state index in [2.05, 4.69) is 38.1 Å². The topological polar surface area (TPSA) is 40.6 Å². The van der Waals surface area contributed by atoms with E-state index >= 15 is 0 Å². The molecule has 0 atom stereocenters. The summed E-state index contributed by atoms with van der Waals surface area (Å²) in [5, 5.41) is 0. The molecule has 4 heteroatoms. The SMILES string of the molecule is CCc1cccc(CC)c1N(CCC(=O)N1CCCc2ccccc21)C(C)=O. The third-order valence-electron chi connectivity index (χ3n) is 5.58. The van der Waals surface area contributed by atoms with Crippen LogP contribution in [0.2, 0.25) is 0 Å². The van der Waals surface area contributed by atoms with Crippen molar-refractivity contribution in [2.24, 2.45) is 0 Å². The first-order valence-corrected chi connectivity index (χ1v) is 10.3. The van der Waals surface area contributed by atoms with Crippen molar-refractivity contribution in [3.05, 3.63) is 59.2 Å². The molecule has 0 bridgehead atoms. The first-order valence-electron chi connectivity index (χ1n) is 10.3. The highest BCUT2D eigenvalue weighted by Gasteiger charge is 2.24. The minimum absolute atomic E-state index is 0.0116. The number of nitrogens with zero attached hydrogens (tertiary/aromatic N) is 2. The van der Waals surface area contributed by atoms with Crippen LogP contribution in [0.1, 0.15) is 50.3 Å². The summed E-state index contributed by atoms with van der Waals surface area (Å²) in [6.45, 7) is 6.96. The monoisotopic (exact) mass is 378 g/mol. The molecule has 0 spiro atoms. The van der Waals surface area contributed by atoms with Crippen molar-refractivity contribution in [3.63, 3.8) is 0 Å². The second-order valence-corrected chi connectivity index (χ2v) is 7.33. The Morgan fingerprint density at radius 1 is 1.00 bits per heavy atom. The quantitative estimate of drug-likeness (QED) is 0.741. The van der Waals surface area contributed by atoms with Gasteiger partial charge in [-0.3, -0.25) is 9.59 Å². The molecule has 0 aromatic heterocycles. The largest absolute Gasteiger partial charge is 0.312 e. The van der Waals surface area contributed by atoms with E-state index in [1.54, 1.807) is 11.8 Å². The van der Waals surface area contributed by atoms with Gasteiger partial charge >= 0.3 is 0 Å². The zero-order chi connectivity index (χ0) is 20.1. The van der Waals surface area contributed by atoms with Gasteiger partial charge in [-0.25, -0.2) is 0 Å². The average Bonchev–Trinajstić information content (AvgIpc) is 2.73. The summed E-state index contributed by atoms with van der Waals surface area (Å²) in [6, 6.07) is 14.3. The summed E-state index contributed by atoms with van der Waals surface area (Å²) in [5.41, 5.74) is 5.56. The summed E-state index contributed by atoms with van der Waals surface area (Å²) in [4.78, 5) is 29.2. The summed E-state index contributed by atoms with van der Waals surface area (Å²) in [5.74, 6) is 0.0767. The van der Waals surface area contributed by atoms with Gasteiger partial charge in [-0.15, -0.1) is 0 Å². The minimum Gasteiger partial charge on any atom is -0.312 e. The Morgan fingerprint density at radius 2 is 1.68 bits per heavy atom. The molecule has 0 radical (unpaired) electrons. The van der Waals surface area contributed by atoms with E-state index in [0.29, 0.717) is 13.0 Å². The Morgan fingerprint density at radius 3 is 2.32 bits per heavy atom. The second kappa shape index (κ2) is 9.05. The van der Waals surface area contributed by atoms with Crippen LogP contribution >= 0.6 is 0 Å². The number of rotatable bonds is 6. The Balaban J connectivity index is 1.81. The van der Waals surface area contributed by atoms with Gasteiger partial charge < -0.3 is 9.80 Å². The van der Waals surface area contributed by atoms with Gasteiger partial charge in [0.2, 0.25) is 11.8 Å². The molecule has 148 valence electrons. The van der Waals surface area contributed by atoms with E-state index in [1.807, 2.05) is 23.1 Å². The van der Waals surface area contributed by atoms with Gasteiger partial charge in [-0.2, -0.15) is 0 Å². The molecule has 28 heavy (non-hydrogen) atoms. The Bertz CT molecular complexity index is 837. The third-order valence-corrected chi connectivity index (χ3v) is 5.58. The molecule has 0 saturated heterocycles. The number of benzene rings is 2. The molecule has 0 fully saturated rings. The fraction of sp³-hybridized carbons (Fsp3) is 0.417. The van der Waals surface area contributed by atoms with Gasteiger partial charge in [0.25, 0.3) is 0 Å². The van der Waals surface area contributed by atoms with Gasteiger partial charge in [0.05, 0.1) is 0 Å². The van der Waals surface area contributed by atoms with E-state index in [9.17, 15) is 9.59 Å². The molecule has 2 amide bonds. The highest BCUT2D eigenvalue weighted by Crippen LogP contribution is 2.29. The van der Waals surface area contributed by atoms with Gasteiger partial charge in [-0.05, 0) is 48.4 Å². The number of aryl methyl sites for hydroxylation is 3. The van der Waals surface area contributed by atoms with Crippen molar-refractivity contribution in [3.8, 4) is 0 Å². The molecule has 0 saturated carbocycles. The van der Waals surface area contributed by atoms with Crippen molar-refractivity contribution in [1.29, 1.82) is 0 Å². The van der Waals surface area contributed by atoms with Crippen molar-refractivity contribution < 1.29 is 9.59 Å². The van der Waals surface area contributed by atoms with Crippen LogP contribution in [-0.2, 0) is 28.9 Å². The van der Waals surface area contributed by atoms with Crippen LogP contribution in [0, 0.1) is 0 Å². The number of carbonyl (C=O) groups is 2. The van der Waals surface area contributed by atoms with Crippen molar-refractivity contribution in [2.45, 2.75) is 52.9 Å². The van der Waals surface area contributed by atoms with E-state index in [-0.39, 0.29) is 11.8 Å². The molecular formula is C24H30N2O2. The number of fused-ring (bicyclic) bond motifs is 1. The maximum absolute atomic E-state index is 13.0. The first-order chi connectivity index (χ1) is 13.6. The Hall–Kier alpha value is -2.62. The van der Waals surface area contributed by atoms with Crippen LogP contribution in [0.15, 0.2) is 42.5 Å². The maximum Gasteiger partial charge on any atom is 0.228 e. The van der Waals surface area contributed by atoms with Crippen LogP contribution in [0.4, 0.5) is 11.4 Å². The molecule has 1 heterocycles.